The van der Waals surface area contributed by atoms with E-state index in [4.69, 9.17) is 21.9 Å². The number of nitrogens with zero attached hydrogens (tertiary/aromatic N) is 2. The number of nitrogens with two attached hydrogens (primary N) is 1. The van der Waals surface area contributed by atoms with Gasteiger partial charge in [0.15, 0.2) is 0 Å². The number of rotatable bonds is 5. The van der Waals surface area contributed by atoms with E-state index in [0.717, 1.165) is 0 Å². The van der Waals surface area contributed by atoms with Crippen molar-refractivity contribution in [3.05, 3.63) is 70.9 Å². The predicted molar refractivity (Wildman–Crippen MR) is 96.5 cm³/mol. The number of carbonyl (C=O) groups excluding carboxylic acids is 1. The number of aromatic nitrogens is 2. The van der Waals surface area contributed by atoms with E-state index in [9.17, 15) is 9.90 Å². The number of benzene rings is 2. The number of hydrogen-bond acceptors (Lipinski definition) is 5. The van der Waals surface area contributed by atoms with E-state index in [0.29, 0.717) is 16.3 Å². The zero-order chi connectivity index (χ0) is 18.7. The topological polar surface area (TPSA) is 105 Å². The summed E-state index contributed by atoms with van der Waals surface area (Å²) in [6.45, 7) is 1.61. The highest BCUT2D eigenvalue weighted by Crippen LogP contribution is 2.21. The molecule has 3 rings (SSSR count). The Hall–Kier alpha value is -2.90. The highest BCUT2D eigenvalue weighted by atomic mass is 35.5. The number of hydrogen-bond donors (Lipinski definition) is 3. The Balaban J connectivity index is 1.84. The smallest absolute Gasteiger partial charge is 0.362 e. The lowest BCUT2D eigenvalue weighted by Crippen LogP contribution is -2.50. The molecule has 1 aromatic heterocycles. The average molecular weight is 374 g/mol. The van der Waals surface area contributed by atoms with Crippen LogP contribution in [0.2, 0.25) is 5.02 Å². The van der Waals surface area contributed by atoms with Gasteiger partial charge < -0.3 is 16.2 Å². The molecule has 26 heavy (non-hydrogen) atoms. The summed E-state index contributed by atoms with van der Waals surface area (Å²) < 4.78 is 6.20. The summed E-state index contributed by atoms with van der Waals surface area (Å²) in [4.78, 5) is 12.6. The number of halogens is 1. The first-order valence-electron chi connectivity index (χ1n) is 7.87. The molecule has 2 aromatic carbocycles. The van der Waals surface area contributed by atoms with E-state index < -0.39 is 11.5 Å². The zero-order valence-corrected chi connectivity index (χ0v) is 14.8. The minimum Gasteiger partial charge on any atom is -0.379 e. The quantitative estimate of drug-likeness (QED) is 0.595. The Morgan fingerprint density at radius 2 is 1.92 bits per heavy atom. The van der Waals surface area contributed by atoms with Crippen molar-refractivity contribution < 1.29 is 19.1 Å². The largest absolute Gasteiger partial charge is 0.379 e. The highest BCUT2D eigenvalue weighted by Gasteiger charge is 2.37. The third-order valence-electron chi connectivity index (χ3n) is 3.90. The van der Waals surface area contributed by atoms with Gasteiger partial charge in [-0.2, -0.15) is 0 Å². The molecule has 3 aromatic rings. The molecule has 0 saturated carbocycles. The second-order valence-electron chi connectivity index (χ2n) is 6.04. The van der Waals surface area contributed by atoms with Gasteiger partial charge in [-0.05, 0) is 41.4 Å². The molecule has 0 aliphatic rings. The molecule has 1 amide bonds. The van der Waals surface area contributed by atoms with Crippen molar-refractivity contribution in [1.29, 1.82) is 0 Å². The molecule has 0 saturated heterocycles. The lowest BCUT2D eigenvalue weighted by atomic mass is 9.96. The molecule has 7 nitrogen and oxygen atoms in total. The van der Waals surface area contributed by atoms with Crippen LogP contribution in [0.1, 0.15) is 23.0 Å². The second kappa shape index (κ2) is 7.15. The SMILES string of the molecule is CC(O)(C[n+]1noc(N)c1C(=O)Nc1ccc(Cl)cc1)c1ccccc1. The zero-order valence-electron chi connectivity index (χ0n) is 14.0. The number of nitrogens with one attached hydrogen (secondary N) is 1. The summed E-state index contributed by atoms with van der Waals surface area (Å²) in [5.74, 6) is -0.643. The van der Waals surface area contributed by atoms with Crippen LogP contribution in [0.3, 0.4) is 0 Å². The first-order valence-corrected chi connectivity index (χ1v) is 8.25. The Bertz CT molecular complexity index is 908. The standard InChI is InChI=1S/C18H17ClN4O3/c1-18(25,12-5-3-2-4-6-12)11-23-15(16(20)26-22-23)17(24)21-14-9-7-13(19)8-10-14/h2-10,25H,11H2,1H3,(H2-,20,21,22,24)/p+1. The molecule has 0 bridgehead atoms. The summed E-state index contributed by atoms with van der Waals surface area (Å²) >= 11 is 5.84. The molecule has 8 heteroatoms. The molecule has 0 aliphatic carbocycles. The summed E-state index contributed by atoms with van der Waals surface area (Å²) in [5, 5.41) is 17.8. The minimum atomic E-state index is -1.27. The third kappa shape index (κ3) is 3.84. The fraction of sp³-hybridized carbons (Fsp3) is 0.167. The van der Waals surface area contributed by atoms with Crippen LogP contribution in [0.25, 0.3) is 0 Å². The number of nitrogen functional groups attached to an aromatic ring is 1. The van der Waals surface area contributed by atoms with Crippen LogP contribution in [-0.4, -0.2) is 16.3 Å². The maximum absolute atomic E-state index is 12.6. The van der Waals surface area contributed by atoms with Gasteiger partial charge in [-0.1, -0.05) is 41.9 Å². The van der Waals surface area contributed by atoms with Crippen molar-refractivity contribution in [3.63, 3.8) is 0 Å². The van der Waals surface area contributed by atoms with Crippen LogP contribution in [-0.2, 0) is 12.1 Å². The molecule has 0 radical (unpaired) electrons. The Morgan fingerprint density at radius 3 is 2.58 bits per heavy atom. The van der Waals surface area contributed by atoms with Gasteiger partial charge in [0.2, 0.25) is 11.8 Å². The van der Waals surface area contributed by atoms with E-state index in [1.54, 1.807) is 43.3 Å². The van der Waals surface area contributed by atoms with Crippen molar-refractivity contribution in [2.45, 2.75) is 19.1 Å². The first kappa shape index (κ1) is 17.9. The lowest BCUT2D eigenvalue weighted by Gasteiger charge is -2.18. The molecule has 1 atom stereocenters. The van der Waals surface area contributed by atoms with Crippen LogP contribution in [0.5, 0.6) is 0 Å². The number of anilines is 2. The lowest BCUT2D eigenvalue weighted by molar-refractivity contribution is -0.775. The number of amides is 1. The van der Waals surface area contributed by atoms with Crippen LogP contribution >= 0.6 is 11.6 Å². The first-order chi connectivity index (χ1) is 12.4. The van der Waals surface area contributed by atoms with Crippen molar-refractivity contribution in [2.75, 3.05) is 11.1 Å². The van der Waals surface area contributed by atoms with Gasteiger partial charge in [0.05, 0.1) is 0 Å². The molecule has 1 heterocycles. The Labute approximate surface area is 155 Å². The van der Waals surface area contributed by atoms with Gasteiger partial charge in [-0.25, -0.2) is 0 Å². The highest BCUT2D eigenvalue weighted by molar-refractivity contribution is 6.30. The molecular weight excluding hydrogens is 356 g/mol. The van der Waals surface area contributed by atoms with Gasteiger partial charge in [-0.15, -0.1) is 0 Å². The molecule has 4 N–H and O–H groups in total. The summed E-state index contributed by atoms with van der Waals surface area (Å²) in [5.41, 5.74) is 5.74. The summed E-state index contributed by atoms with van der Waals surface area (Å²) in [6, 6.07) is 15.7. The van der Waals surface area contributed by atoms with Gasteiger partial charge in [0.25, 0.3) is 0 Å². The molecule has 0 spiro atoms. The van der Waals surface area contributed by atoms with E-state index in [1.807, 2.05) is 18.2 Å². The fourth-order valence-electron chi connectivity index (χ4n) is 2.55. The van der Waals surface area contributed by atoms with Crippen molar-refractivity contribution in [2.24, 2.45) is 0 Å². The van der Waals surface area contributed by atoms with Crippen LogP contribution < -0.4 is 15.7 Å². The monoisotopic (exact) mass is 373 g/mol. The van der Waals surface area contributed by atoms with Gasteiger partial charge in [0, 0.05) is 10.7 Å². The molecular formula is C18H18ClN4O3+. The van der Waals surface area contributed by atoms with E-state index in [2.05, 4.69) is 10.6 Å². The van der Waals surface area contributed by atoms with E-state index in [1.165, 1.54) is 4.68 Å². The van der Waals surface area contributed by atoms with E-state index in [-0.39, 0.29) is 18.1 Å². The molecule has 0 aliphatic heterocycles. The van der Waals surface area contributed by atoms with Crippen molar-refractivity contribution in [3.8, 4) is 0 Å². The molecule has 1 unspecified atom stereocenters. The van der Waals surface area contributed by atoms with Crippen molar-refractivity contribution in [1.82, 2.24) is 5.27 Å². The van der Waals surface area contributed by atoms with Crippen LogP contribution in [0.4, 0.5) is 11.6 Å². The van der Waals surface area contributed by atoms with Crippen LogP contribution in [0.15, 0.2) is 59.1 Å². The molecule has 0 fully saturated rings. The van der Waals surface area contributed by atoms with Gasteiger partial charge in [0.1, 0.15) is 5.60 Å². The normalized spacial score (nSPS) is 13.2. The third-order valence-corrected chi connectivity index (χ3v) is 4.15. The van der Waals surface area contributed by atoms with E-state index >= 15 is 0 Å². The minimum absolute atomic E-state index is 0.0128. The average Bonchev–Trinajstić information content (AvgIpc) is 2.97. The molecule has 134 valence electrons. The van der Waals surface area contributed by atoms with Crippen molar-refractivity contribution >= 4 is 29.1 Å². The Morgan fingerprint density at radius 1 is 1.27 bits per heavy atom. The predicted octanol–water partition coefficient (Wildman–Crippen LogP) is 2.36. The number of carbonyl (C=O) groups is 1. The Kier molecular flexibility index (Phi) is 4.92. The second-order valence-corrected chi connectivity index (χ2v) is 6.48. The summed E-state index contributed by atoms with van der Waals surface area (Å²) in [7, 11) is 0. The van der Waals surface area contributed by atoms with Gasteiger partial charge >= 0.3 is 17.5 Å². The maximum atomic E-state index is 12.6. The summed E-state index contributed by atoms with van der Waals surface area (Å²) in [6.07, 6.45) is 0. The van der Waals surface area contributed by atoms with Crippen LogP contribution in [0, 0.1) is 0 Å². The maximum Gasteiger partial charge on any atom is 0.362 e. The number of aliphatic hydroxyl groups is 1. The van der Waals surface area contributed by atoms with Gasteiger partial charge in [-0.3, -0.25) is 9.32 Å². The fourth-order valence-corrected chi connectivity index (χ4v) is 2.67.